The maximum absolute atomic E-state index is 12.2. The maximum atomic E-state index is 12.2. The summed E-state index contributed by atoms with van der Waals surface area (Å²) in [6, 6.07) is 0. The molecule has 10 heavy (non-hydrogen) atoms. The van der Waals surface area contributed by atoms with E-state index in [9.17, 15) is 4.39 Å². The van der Waals surface area contributed by atoms with Crippen LogP contribution in [0.2, 0.25) is 0 Å². The Morgan fingerprint density at radius 2 is 2.60 bits per heavy atom. The van der Waals surface area contributed by atoms with E-state index < -0.39 is 6.30 Å². The molecule has 0 aromatic heterocycles. The zero-order valence-corrected chi connectivity index (χ0v) is 5.21. The number of hydrogen-bond donors (Lipinski definition) is 2. The summed E-state index contributed by atoms with van der Waals surface area (Å²) in [7, 11) is 0. The lowest BCUT2D eigenvalue weighted by Crippen LogP contribution is -2.28. The fourth-order valence-corrected chi connectivity index (χ4v) is 0.275. The molecular formula is C5H7FN4. The normalized spacial score (nSPS) is 13.4. The van der Waals surface area contributed by atoms with Gasteiger partial charge in [0.1, 0.15) is 0 Å². The van der Waals surface area contributed by atoms with Gasteiger partial charge in [-0.1, -0.05) is 6.58 Å². The zero-order chi connectivity index (χ0) is 7.98. The average molecular weight is 142 g/mol. The molecule has 0 aliphatic carbocycles. The number of guanidine groups is 1. The van der Waals surface area contributed by atoms with Crippen LogP contribution in [0, 0.1) is 11.5 Å². The molecule has 3 N–H and O–H groups in total. The lowest BCUT2D eigenvalue weighted by molar-refractivity contribution is 0.415. The predicted molar refractivity (Wildman–Crippen MR) is 35.5 cm³/mol. The van der Waals surface area contributed by atoms with Gasteiger partial charge in [-0.2, -0.15) is 5.26 Å². The number of aliphatic imine (C=N–C) groups is 1. The molecule has 0 spiro atoms. The van der Waals surface area contributed by atoms with Crippen LogP contribution >= 0.6 is 0 Å². The number of nitrogens with one attached hydrogen (secondary N) is 1. The van der Waals surface area contributed by atoms with Gasteiger partial charge in [0.05, 0.1) is 0 Å². The third-order valence-electron chi connectivity index (χ3n) is 0.641. The van der Waals surface area contributed by atoms with Gasteiger partial charge in [-0.15, -0.1) is 0 Å². The fraction of sp³-hybridized carbons (Fsp3) is 0.200. The quantitative estimate of drug-likeness (QED) is 0.141. The Balaban J connectivity index is 3.91. The summed E-state index contributed by atoms with van der Waals surface area (Å²) in [4.78, 5) is 3.16. The van der Waals surface area contributed by atoms with Crippen LogP contribution in [0.25, 0.3) is 0 Å². The lowest BCUT2D eigenvalue weighted by atomic mass is 10.6. The molecule has 0 aliphatic rings. The Morgan fingerprint density at radius 1 is 2.00 bits per heavy atom. The van der Waals surface area contributed by atoms with Crippen LogP contribution < -0.4 is 11.1 Å². The van der Waals surface area contributed by atoms with Crippen molar-refractivity contribution in [2.45, 2.75) is 6.30 Å². The number of nitrogens with two attached hydrogens (primary N) is 1. The Bertz CT molecular complexity index is 181. The first-order valence-electron chi connectivity index (χ1n) is 2.45. The Morgan fingerprint density at radius 3 is 3.00 bits per heavy atom. The number of alkyl halides is 1. The molecule has 0 radical (unpaired) electrons. The number of halogens is 1. The average Bonchev–Trinajstić information content (AvgIpc) is 1.88. The van der Waals surface area contributed by atoms with Crippen molar-refractivity contribution >= 4 is 5.96 Å². The second-order valence-electron chi connectivity index (χ2n) is 1.36. The second-order valence-corrected chi connectivity index (χ2v) is 1.36. The highest BCUT2D eigenvalue weighted by Crippen LogP contribution is 1.90. The molecule has 0 aromatic rings. The molecule has 1 atom stereocenters. The number of nitrogens with zero attached hydrogens (tertiary/aromatic N) is 2. The van der Waals surface area contributed by atoms with Gasteiger partial charge in [0, 0.05) is 0 Å². The molecule has 0 amide bonds. The van der Waals surface area contributed by atoms with Crippen LogP contribution in [-0.2, 0) is 0 Å². The van der Waals surface area contributed by atoms with Gasteiger partial charge in [0.25, 0.3) is 0 Å². The van der Waals surface area contributed by atoms with Gasteiger partial charge in [-0.3, -0.25) is 5.32 Å². The van der Waals surface area contributed by atoms with E-state index >= 15 is 0 Å². The Labute approximate surface area is 57.9 Å². The molecule has 0 saturated carbocycles. The van der Waals surface area contributed by atoms with Crippen LogP contribution in [0.15, 0.2) is 17.6 Å². The van der Waals surface area contributed by atoms with Crippen LogP contribution in [0.5, 0.6) is 0 Å². The van der Waals surface area contributed by atoms with Gasteiger partial charge < -0.3 is 5.73 Å². The largest absolute Gasteiger partial charge is 0.369 e. The van der Waals surface area contributed by atoms with Crippen molar-refractivity contribution in [1.82, 2.24) is 5.32 Å². The summed E-state index contributed by atoms with van der Waals surface area (Å²) >= 11 is 0. The second kappa shape index (κ2) is 4.32. The minimum absolute atomic E-state index is 0.255. The van der Waals surface area contributed by atoms with Crippen molar-refractivity contribution in [2.24, 2.45) is 10.7 Å². The monoisotopic (exact) mass is 142 g/mol. The first kappa shape index (κ1) is 8.43. The lowest BCUT2D eigenvalue weighted by Gasteiger charge is -1.95. The molecule has 0 heterocycles. The minimum atomic E-state index is -1.55. The standard InChI is InChI=1S/C5H7FN4/c1-2-4(6)10-5(8)9-3-7/h2,4H,1H2,(H3,8,9,10). The molecule has 0 saturated heterocycles. The molecule has 0 bridgehead atoms. The summed E-state index contributed by atoms with van der Waals surface area (Å²) < 4.78 is 12.2. The van der Waals surface area contributed by atoms with Crippen molar-refractivity contribution in [2.75, 3.05) is 0 Å². The van der Waals surface area contributed by atoms with E-state index in [0.717, 1.165) is 6.08 Å². The SMILES string of the molecule is C=CC(F)N=C(N)NC#N. The van der Waals surface area contributed by atoms with Crippen molar-refractivity contribution in [1.29, 1.82) is 5.26 Å². The van der Waals surface area contributed by atoms with Gasteiger partial charge in [0.2, 0.25) is 12.3 Å². The van der Waals surface area contributed by atoms with E-state index in [1.165, 1.54) is 6.19 Å². The van der Waals surface area contributed by atoms with E-state index in [4.69, 9.17) is 11.0 Å². The highest BCUT2D eigenvalue weighted by molar-refractivity contribution is 5.79. The third kappa shape index (κ3) is 3.43. The van der Waals surface area contributed by atoms with E-state index in [1.807, 2.05) is 5.32 Å². The van der Waals surface area contributed by atoms with Crippen molar-refractivity contribution in [3.63, 3.8) is 0 Å². The summed E-state index contributed by atoms with van der Waals surface area (Å²) in [5, 5.41) is 9.91. The molecule has 0 aliphatic heterocycles. The van der Waals surface area contributed by atoms with E-state index in [0.29, 0.717) is 0 Å². The van der Waals surface area contributed by atoms with Crippen LogP contribution in [-0.4, -0.2) is 12.3 Å². The van der Waals surface area contributed by atoms with Crippen LogP contribution in [0.3, 0.4) is 0 Å². The zero-order valence-electron chi connectivity index (χ0n) is 5.21. The van der Waals surface area contributed by atoms with Crippen molar-refractivity contribution in [3.8, 4) is 6.19 Å². The summed E-state index contributed by atoms with van der Waals surface area (Å²) in [6.07, 6.45) is 0.900. The summed E-state index contributed by atoms with van der Waals surface area (Å²) in [5.74, 6) is -0.255. The van der Waals surface area contributed by atoms with E-state index in [2.05, 4.69) is 11.6 Å². The molecule has 1 unspecified atom stereocenters. The highest BCUT2D eigenvalue weighted by atomic mass is 19.1. The topological polar surface area (TPSA) is 74.2 Å². The number of nitriles is 1. The van der Waals surface area contributed by atoms with Gasteiger partial charge in [0.15, 0.2) is 6.19 Å². The molecule has 0 aromatic carbocycles. The number of rotatable bonds is 2. The van der Waals surface area contributed by atoms with Gasteiger partial charge in [-0.25, -0.2) is 9.38 Å². The first-order chi connectivity index (χ1) is 4.70. The third-order valence-corrected chi connectivity index (χ3v) is 0.641. The smallest absolute Gasteiger partial charge is 0.211 e. The van der Waals surface area contributed by atoms with E-state index in [-0.39, 0.29) is 5.96 Å². The molecule has 54 valence electrons. The van der Waals surface area contributed by atoms with Crippen LogP contribution in [0.4, 0.5) is 4.39 Å². The first-order valence-corrected chi connectivity index (χ1v) is 2.45. The molecular weight excluding hydrogens is 135 g/mol. The Hall–Kier alpha value is -1.57. The Kier molecular flexibility index (Phi) is 3.64. The highest BCUT2D eigenvalue weighted by Gasteiger charge is 1.95. The molecule has 4 nitrogen and oxygen atoms in total. The van der Waals surface area contributed by atoms with E-state index in [1.54, 1.807) is 0 Å². The predicted octanol–water partition coefficient (Wildman–Crippen LogP) is -0.147. The molecule has 0 rings (SSSR count). The maximum Gasteiger partial charge on any atom is 0.211 e. The molecule has 0 fully saturated rings. The fourth-order valence-electron chi connectivity index (χ4n) is 0.275. The van der Waals surface area contributed by atoms with Crippen LogP contribution in [0.1, 0.15) is 0 Å². The summed E-state index contributed by atoms with van der Waals surface area (Å²) in [5.41, 5.74) is 4.99. The molecule has 5 heteroatoms. The van der Waals surface area contributed by atoms with Crippen molar-refractivity contribution < 1.29 is 4.39 Å². The van der Waals surface area contributed by atoms with Gasteiger partial charge >= 0.3 is 0 Å². The number of hydrogen-bond acceptors (Lipinski definition) is 2. The van der Waals surface area contributed by atoms with Crippen molar-refractivity contribution in [3.05, 3.63) is 12.7 Å². The minimum Gasteiger partial charge on any atom is -0.369 e. The summed E-state index contributed by atoms with van der Waals surface area (Å²) in [6.45, 7) is 3.13. The van der Waals surface area contributed by atoms with Gasteiger partial charge in [-0.05, 0) is 6.08 Å².